The van der Waals surface area contributed by atoms with Gasteiger partial charge in [-0.05, 0) is 84.6 Å². The van der Waals surface area contributed by atoms with Crippen molar-refractivity contribution in [3.05, 3.63) is 133 Å². The van der Waals surface area contributed by atoms with Gasteiger partial charge in [-0.15, -0.1) is 0 Å². The minimum absolute atomic E-state index is 0.152. The predicted octanol–water partition coefficient (Wildman–Crippen LogP) is 5.48. The van der Waals surface area contributed by atoms with Crippen LogP contribution in [0.2, 0.25) is 0 Å². The van der Waals surface area contributed by atoms with Crippen molar-refractivity contribution in [2.24, 2.45) is 4.99 Å². The number of rotatable bonds is 12. The zero-order valence-electron chi connectivity index (χ0n) is 28.1. The minimum Gasteiger partial charge on any atom is -0.490 e. The van der Waals surface area contributed by atoms with Crippen molar-refractivity contribution in [1.29, 1.82) is 0 Å². The van der Waals surface area contributed by atoms with Crippen molar-refractivity contribution >= 4 is 40.1 Å². The van der Waals surface area contributed by atoms with Crippen molar-refractivity contribution in [2.45, 2.75) is 33.4 Å². The number of allylic oxidation sites excluding steroid dienone is 1. The van der Waals surface area contributed by atoms with Gasteiger partial charge in [0.2, 0.25) is 0 Å². The number of hydrogen-bond donors (Lipinski definition) is 0. The Kier molecular flexibility index (Phi) is 10.4. The molecule has 0 bridgehead atoms. The lowest BCUT2D eigenvalue weighted by Gasteiger charge is -2.25. The molecule has 256 valence electrons. The Morgan fingerprint density at radius 2 is 1.66 bits per heavy atom. The van der Waals surface area contributed by atoms with E-state index in [1.54, 1.807) is 38.1 Å². The summed E-state index contributed by atoms with van der Waals surface area (Å²) in [5.41, 5.74) is 2.82. The molecule has 4 aromatic carbocycles. The fraction of sp³-hybridized carbons (Fsp3) is 0.231. The summed E-state index contributed by atoms with van der Waals surface area (Å²) in [4.78, 5) is 44.3. The van der Waals surface area contributed by atoms with Crippen LogP contribution < -0.4 is 29.1 Å². The number of carbonyl (C=O) groups is 2. The highest BCUT2D eigenvalue weighted by molar-refractivity contribution is 7.07. The lowest BCUT2D eigenvalue weighted by Crippen LogP contribution is -2.40. The van der Waals surface area contributed by atoms with Crippen molar-refractivity contribution in [3.63, 3.8) is 0 Å². The summed E-state index contributed by atoms with van der Waals surface area (Å²) in [5, 5.41) is 2.34. The Labute approximate surface area is 292 Å². The van der Waals surface area contributed by atoms with Crippen molar-refractivity contribution in [2.75, 3.05) is 26.9 Å². The highest BCUT2D eigenvalue weighted by atomic mass is 32.1. The highest BCUT2D eigenvalue weighted by Crippen LogP contribution is 2.36. The van der Waals surface area contributed by atoms with Crippen LogP contribution in [0.4, 0.5) is 0 Å². The van der Waals surface area contributed by atoms with Gasteiger partial charge < -0.3 is 23.7 Å². The topological polar surface area (TPSA) is 115 Å². The largest absolute Gasteiger partial charge is 0.490 e. The number of benzene rings is 4. The van der Waals surface area contributed by atoms with Gasteiger partial charge in [0.25, 0.3) is 5.56 Å². The third-order valence-corrected chi connectivity index (χ3v) is 9.05. The van der Waals surface area contributed by atoms with E-state index >= 15 is 0 Å². The first-order valence-electron chi connectivity index (χ1n) is 16.2. The molecule has 0 radical (unpaired) electrons. The molecule has 50 heavy (non-hydrogen) atoms. The van der Waals surface area contributed by atoms with Crippen LogP contribution in [0.5, 0.6) is 17.2 Å². The van der Waals surface area contributed by atoms with Crippen LogP contribution in [0.15, 0.2) is 106 Å². The number of thiazole rings is 1. The third kappa shape index (κ3) is 7.32. The lowest BCUT2D eigenvalue weighted by atomic mass is 9.95. The Morgan fingerprint density at radius 3 is 2.40 bits per heavy atom. The van der Waals surface area contributed by atoms with Gasteiger partial charge in [0, 0.05) is 0 Å². The molecule has 0 aliphatic carbocycles. The van der Waals surface area contributed by atoms with E-state index < -0.39 is 18.0 Å². The van der Waals surface area contributed by atoms with Gasteiger partial charge in [-0.1, -0.05) is 65.9 Å². The monoisotopic (exact) mass is 692 g/mol. The SMILES string of the molecule is CCOC(=O)C1=C(C)N=c2s/c(=C\c3ccc(OCc4ccc5ccccc5c4)cc3)c(=O)n2[C@H]1c1ccc(OCC(=O)OC)c(OCC)c1. The zero-order valence-corrected chi connectivity index (χ0v) is 29.0. The van der Waals surface area contributed by atoms with Gasteiger partial charge in [0.05, 0.1) is 42.2 Å². The second-order valence-electron chi connectivity index (χ2n) is 11.3. The molecule has 0 unspecified atom stereocenters. The van der Waals surface area contributed by atoms with Gasteiger partial charge >= 0.3 is 11.9 Å². The van der Waals surface area contributed by atoms with Crippen LogP contribution in [0.3, 0.4) is 0 Å². The van der Waals surface area contributed by atoms with Gasteiger partial charge in [0.1, 0.15) is 12.4 Å². The van der Waals surface area contributed by atoms with Gasteiger partial charge in [-0.3, -0.25) is 9.36 Å². The molecule has 1 aliphatic rings. The Bertz CT molecular complexity index is 2270. The lowest BCUT2D eigenvalue weighted by molar-refractivity contribution is -0.143. The quantitative estimate of drug-likeness (QED) is 0.158. The zero-order chi connectivity index (χ0) is 35.2. The summed E-state index contributed by atoms with van der Waals surface area (Å²) in [6.45, 7) is 5.84. The molecule has 0 N–H and O–H groups in total. The number of nitrogens with zero attached hydrogens (tertiary/aromatic N) is 2. The summed E-state index contributed by atoms with van der Waals surface area (Å²) in [7, 11) is 1.28. The first-order chi connectivity index (χ1) is 24.3. The smallest absolute Gasteiger partial charge is 0.343 e. The fourth-order valence-electron chi connectivity index (χ4n) is 5.69. The van der Waals surface area contributed by atoms with Gasteiger partial charge in [-0.2, -0.15) is 0 Å². The molecule has 5 aromatic rings. The summed E-state index contributed by atoms with van der Waals surface area (Å²) >= 11 is 1.23. The molecule has 0 saturated heterocycles. The molecule has 1 atom stereocenters. The number of methoxy groups -OCH3 is 1. The maximum absolute atomic E-state index is 14.1. The molecule has 11 heteroatoms. The van der Waals surface area contributed by atoms with Crippen LogP contribution in [0.1, 0.15) is 43.5 Å². The molecule has 0 saturated carbocycles. The fourth-order valence-corrected chi connectivity index (χ4v) is 6.74. The Balaban J connectivity index is 1.32. The van der Waals surface area contributed by atoms with Crippen LogP contribution >= 0.6 is 11.3 Å². The van der Waals surface area contributed by atoms with Crippen molar-refractivity contribution < 1.29 is 33.3 Å². The minimum atomic E-state index is -0.854. The number of ether oxygens (including phenoxy) is 5. The van der Waals surface area contributed by atoms with E-state index in [1.807, 2.05) is 43.3 Å². The van der Waals surface area contributed by atoms with E-state index in [0.29, 0.717) is 51.1 Å². The van der Waals surface area contributed by atoms with Gasteiger partial charge in [0.15, 0.2) is 22.9 Å². The van der Waals surface area contributed by atoms with E-state index in [1.165, 1.54) is 28.4 Å². The Hall–Kier alpha value is -5.68. The molecule has 10 nitrogen and oxygen atoms in total. The summed E-state index contributed by atoms with van der Waals surface area (Å²) in [6.07, 6.45) is 1.80. The highest BCUT2D eigenvalue weighted by Gasteiger charge is 2.34. The number of aromatic nitrogens is 1. The maximum atomic E-state index is 14.1. The molecule has 1 aromatic heterocycles. The number of hydrogen-bond acceptors (Lipinski definition) is 10. The second-order valence-corrected chi connectivity index (χ2v) is 12.4. The summed E-state index contributed by atoms with van der Waals surface area (Å²) < 4.78 is 29.6. The normalized spacial score (nSPS) is 14.2. The second kappa shape index (κ2) is 15.3. The number of fused-ring (bicyclic) bond motifs is 2. The predicted molar refractivity (Wildman–Crippen MR) is 190 cm³/mol. The Morgan fingerprint density at radius 1 is 0.880 bits per heavy atom. The number of carbonyl (C=O) groups excluding carboxylic acids is 2. The van der Waals surface area contributed by atoms with Gasteiger partial charge in [-0.25, -0.2) is 14.6 Å². The molecular weight excluding hydrogens is 657 g/mol. The standard InChI is InChI=1S/C39H36N2O8S/c1-5-46-32-21-29(15-18-31(32)49-23-34(42)45-4)36-35(38(44)47-6-2)24(3)40-39-41(36)37(43)33(50-39)20-25-12-16-30(17-13-25)48-22-26-11-14-27-9-7-8-10-28(27)19-26/h7-21,36H,5-6,22-23H2,1-4H3/b33-20-/t36-/m0/s1. The van der Waals surface area contributed by atoms with E-state index in [4.69, 9.17) is 18.9 Å². The summed E-state index contributed by atoms with van der Waals surface area (Å²) in [5.74, 6) is 0.246. The van der Waals surface area contributed by atoms with Crippen LogP contribution in [0, 0.1) is 0 Å². The number of esters is 2. The molecule has 0 spiro atoms. The average molecular weight is 693 g/mol. The first-order valence-corrected chi connectivity index (χ1v) is 17.0. The van der Waals surface area contributed by atoms with E-state index in [0.717, 1.165) is 16.5 Å². The third-order valence-electron chi connectivity index (χ3n) is 8.07. The molecule has 6 rings (SSSR count). The van der Waals surface area contributed by atoms with Crippen LogP contribution in [-0.2, 0) is 25.7 Å². The van der Waals surface area contributed by atoms with E-state index in [2.05, 4.69) is 40.1 Å². The summed E-state index contributed by atoms with van der Waals surface area (Å²) in [6, 6.07) is 26.2. The van der Waals surface area contributed by atoms with Crippen molar-refractivity contribution in [3.8, 4) is 17.2 Å². The van der Waals surface area contributed by atoms with Crippen molar-refractivity contribution in [1.82, 2.24) is 4.57 Å². The molecule has 0 fully saturated rings. The molecular formula is C39H36N2O8S. The molecule has 0 amide bonds. The van der Waals surface area contributed by atoms with E-state index in [-0.39, 0.29) is 24.3 Å². The van der Waals surface area contributed by atoms with E-state index in [9.17, 15) is 14.4 Å². The van der Waals surface area contributed by atoms with Crippen LogP contribution in [0.25, 0.3) is 16.8 Å². The molecule has 1 aliphatic heterocycles. The first kappa shape index (κ1) is 34.2. The maximum Gasteiger partial charge on any atom is 0.343 e. The average Bonchev–Trinajstić information content (AvgIpc) is 3.43. The van der Waals surface area contributed by atoms with Crippen LogP contribution in [-0.4, -0.2) is 43.4 Å². The molecule has 2 heterocycles.